The second-order valence-electron chi connectivity index (χ2n) is 8.81. The monoisotopic (exact) mass is 499 g/mol. The van der Waals surface area contributed by atoms with Crippen molar-refractivity contribution < 1.29 is 14.0 Å². The van der Waals surface area contributed by atoms with Gasteiger partial charge in [-0.1, -0.05) is 41.9 Å². The molecule has 1 atom stereocenters. The van der Waals surface area contributed by atoms with Gasteiger partial charge >= 0.3 is 0 Å². The fourth-order valence-corrected chi connectivity index (χ4v) is 4.01. The van der Waals surface area contributed by atoms with Crippen LogP contribution in [0.1, 0.15) is 36.7 Å². The van der Waals surface area contributed by atoms with Crippen LogP contribution in [0.2, 0.25) is 5.02 Å². The number of anilines is 1. The predicted octanol–water partition coefficient (Wildman–Crippen LogP) is 5.85. The van der Waals surface area contributed by atoms with E-state index in [1.807, 2.05) is 36.4 Å². The van der Waals surface area contributed by atoms with E-state index in [-0.39, 0.29) is 23.4 Å². The van der Waals surface area contributed by atoms with Gasteiger partial charge in [0.05, 0.1) is 5.02 Å². The van der Waals surface area contributed by atoms with Crippen LogP contribution in [0.3, 0.4) is 0 Å². The lowest BCUT2D eigenvalue weighted by molar-refractivity contribution is -0.118. The number of hydrogen-bond acceptors (Lipinski definition) is 4. The SMILES string of the molecule is CC(C)(C)NSc1ccc(NC(=O)C(Cc2ccccc2)NC(=O)c2ccc(F)cc2)cc1Cl. The van der Waals surface area contributed by atoms with Crippen molar-refractivity contribution in [1.29, 1.82) is 0 Å². The zero-order valence-electron chi connectivity index (χ0n) is 19.2. The van der Waals surface area contributed by atoms with Gasteiger partial charge in [-0.25, -0.2) is 4.39 Å². The van der Waals surface area contributed by atoms with Crippen LogP contribution in [0.15, 0.2) is 77.7 Å². The summed E-state index contributed by atoms with van der Waals surface area (Å²) in [6.45, 7) is 6.15. The van der Waals surface area contributed by atoms with Gasteiger partial charge in [0, 0.05) is 28.1 Å². The third-order valence-electron chi connectivity index (χ3n) is 4.68. The van der Waals surface area contributed by atoms with Gasteiger partial charge in [0.25, 0.3) is 5.91 Å². The Hall–Kier alpha value is -2.87. The summed E-state index contributed by atoms with van der Waals surface area (Å²) in [7, 11) is 0. The molecule has 1 unspecified atom stereocenters. The first-order valence-corrected chi connectivity index (χ1v) is 11.9. The second-order valence-corrected chi connectivity index (χ2v) is 10.1. The summed E-state index contributed by atoms with van der Waals surface area (Å²) >= 11 is 7.83. The van der Waals surface area contributed by atoms with Crippen LogP contribution in [0, 0.1) is 5.82 Å². The summed E-state index contributed by atoms with van der Waals surface area (Å²) in [5.41, 5.74) is 1.58. The van der Waals surface area contributed by atoms with Crippen molar-refractivity contribution in [1.82, 2.24) is 10.0 Å². The molecule has 3 rings (SSSR count). The molecule has 0 aliphatic rings. The summed E-state index contributed by atoms with van der Waals surface area (Å²) in [5, 5.41) is 6.10. The van der Waals surface area contributed by atoms with E-state index in [0.717, 1.165) is 10.5 Å². The second kappa shape index (κ2) is 11.5. The molecular formula is C26H27ClFN3O2S. The molecule has 3 aromatic rings. The normalized spacial score (nSPS) is 12.1. The zero-order chi connectivity index (χ0) is 24.7. The first-order valence-electron chi connectivity index (χ1n) is 10.8. The summed E-state index contributed by atoms with van der Waals surface area (Å²) in [6.07, 6.45) is 0.288. The van der Waals surface area contributed by atoms with E-state index in [2.05, 4.69) is 36.1 Å². The maximum atomic E-state index is 13.2. The van der Waals surface area contributed by atoms with Gasteiger partial charge in [0.1, 0.15) is 11.9 Å². The van der Waals surface area contributed by atoms with Crippen LogP contribution < -0.4 is 15.4 Å². The van der Waals surface area contributed by atoms with Gasteiger partial charge in [0.2, 0.25) is 5.91 Å². The van der Waals surface area contributed by atoms with Crippen LogP contribution in [0.4, 0.5) is 10.1 Å². The van der Waals surface area contributed by atoms with E-state index < -0.39 is 17.8 Å². The summed E-state index contributed by atoms with van der Waals surface area (Å²) in [4.78, 5) is 26.7. The number of benzene rings is 3. The number of carbonyl (C=O) groups is 2. The lowest BCUT2D eigenvalue weighted by Crippen LogP contribution is -2.45. The van der Waals surface area contributed by atoms with Gasteiger partial charge in [-0.3, -0.25) is 14.3 Å². The number of halogens is 2. The number of nitrogens with one attached hydrogen (secondary N) is 3. The Kier molecular flexibility index (Phi) is 8.72. The van der Waals surface area contributed by atoms with E-state index in [1.165, 1.54) is 36.2 Å². The quantitative estimate of drug-likeness (QED) is 0.340. The van der Waals surface area contributed by atoms with Crippen molar-refractivity contribution in [3.63, 3.8) is 0 Å². The molecule has 8 heteroatoms. The lowest BCUT2D eigenvalue weighted by Gasteiger charge is -2.21. The topological polar surface area (TPSA) is 70.2 Å². The molecule has 0 bridgehead atoms. The maximum Gasteiger partial charge on any atom is 0.251 e. The fraction of sp³-hybridized carbons (Fsp3) is 0.231. The average Bonchev–Trinajstić information content (AvgIpc) is 2.78. The van der Waals surface area contributed by atoms with Crippen molar-refractivity contribution >= 4 is 41.1 Å². The van der Waals surface area contributed by atoms with E-state index in [9.17, 15) is 14.0 Å². The lowest BCUT2D eigenvalue weighted by atomic mass is 10.0. The van der Waals surface area contributed by atoms with E-state index in [0.29, 0.717) is 10.7 Å². The summed E-state index contributed by atoms with van der Waals surface area (Å²) in [5.74, 6) is -1.29. The van der Waals surface area contributed by atoms with Gasteiger partial charge in [-0.15, -0.1) is 0 Å². The smallest absolute Gasteiger partial charge is 0.251 e. The maximum absolute atomic E-state index is 13.2. The molecule has 0 radical (unpaired) electrons. The molecule has 5 nitrogen and oxygen atoms in total. The van der Waals surface area contributed by atoms with Crippen LogP contribution in [0.25, 0.3) is 0 Å². The Morgan fingerprint density at radius 2 is 1.68 bits per heavy atom. The molecule has 0 spiro atoms. The molecule has 0 saturated carbocycles. The molecule has 178 valence electrons. The van der Waals surface area contributed by atoms with Crippen LogP contribution >= 0.6 is 23.5 Å². The Bertz CT molecular complexity index is 1140. The Morgan fingerprint density at radius 1 is 1.00 bits per heavy atom. The molecule has 0 fully saturated rings. The zero-order valence-corrected chi connectivity index (χ0v) is 20.8. The minimum absolute atomic E-state index is 0.0890. The number of amides is 2. The fourth-order valence-electron chi connectivity index (χ4n) is 3.00. The number of carbonyl (C=O) groups excluding carboxylic acids is 2. The Labute approximate surface area is 208 Å². The molecule has 0 aliphatic heterocycles. The highest BCUT2D eigenvalue weighted by atomic mass is 35.5. The van der Waals surface area contributed by atoms with E-state index in [4.69, 9.17) is 11.6 Å². The Morgan fingerprint density at radius 3 is 2.29 bits per heavy atom. The van der Waals surface area contributed by atoms with Crippen LogP contribution in [-0.4, -0.2) is 23.4 Å². The standard InChI is InChI=1S/C26H27ClFN3O2S/c1-26(2,3)31-34-23-14-13-20(16-21(23)27)29-25(33)22(15-17-7-5-4-6-8-17)30-24(32)18-9-11-19(28)12-10-18/h4-14,16,22,31H,15H2,1-3H3,(H,29,33)(H,30,32). The van der Waals surface area contributed by atoms with Crippen LogP contribution in [-0.2, 0) is 11.2 Å². The van der Waals surface area contributed by atoms with Gasteiger partial charge in [0.15, 0.2) is 0 Å². The van der Waals surface area contributed by atoms with Crippen molar-refractivity contribution in [2.75, 3.05) is 5.32 Å². The van der Waals surface area contributed by atoms with Crippen molar-refractivity contribution in [2.45, 2.75) is 43.7 Å². The Balaban J connectivity index is 1.74. The summed E-state index contributed by atoms with van der Waals surface area (Å²) in [6, 6.07) is 19.0. The molecule has 0 aromatic heterocycles. The van der Waals surface area contributed by atoms with Crippen molar-refractivity contribution in [3.05, 3.63) is 94.8 Å². The largest absolute Gasteiger partial charge is 0.340 e. The van der Waals surface area contributed by atoms with Crippen molar-refractivity contribution in [2.24, 2.45) is 0 Å². The highest BCUT2D eigenvalue weighted by Crippen LogP contribution is 2.29. The van der Waals surface area contributed by atoms with Crippen molar-refractivity contribution in [3.8, 4) is 0 Å². The minimum atomic E-state index is -0.852. The minimum Gasteiger partial charge on any atom is -0.340 e. The molecule has 0 heterocycles. The molecule has 0 saturated heterocycles. The van der Waals surface area contributed by atoms with Crippen LogP contribution in [0.5, 0.6) is 0 Å². The van der Waals surface area contributed by atoms with E-state index in [1.54, 1.807) is 12.1 Å². The summed E-state index contributed by atoms with van der Waals surface area (Å²) < 4.78 is 16.5. The third-order valence-corrected chi connectivity index (χ3v) is 6.39. The molecule has 2 amide bonds. The highest BCUT2D eigenvalue weighted by Gasteiger charge is 2.23. The predicted molar refractivity (Wildman–Crippen MR) is 137 cm³/mol. The van der Waals surface area contributed by atoms with E-state index >= 15 is 0 Å². The highest BCUT2D eigenvalue weighted by molar-refractivity contribution is 7.97. The van der Waals surface area contributed by atoms with Gasteiger partial charge < -0.3 is 10.6 Å². The number of hydrogen-bond donors (Lipinski definition) is 3. The molecular weight excluding hydrogens is 473 g/mol. The molecule has 0 aliphatic carbocycles. The van der Waals surface area contributed by atoms with Gasteiger partial charge in [-0.2, -0.15) is 0 Å². The molecule has 3 N–H and O–H groups in total. The third kappa shape index (κ3) is 7.87. The van der Waals surface area contributed by atoms with Gasteiger partial charge in [-0.05, 0) is 80.7 Å². The average molecular weight is 500 g/mol. The molecule has 3 aromatic carbocycles. The first kappa shape index (κ1) is 25.7. The number of rotatable bonds is 8. The molecule has 34 heavy (non-hydrogen) atoms. The first-order chi connectivity index (χ1) is 16.1.